The first-order valence-electron chi connectivity index (χ1n) is 5.74. The van der Waals surface area contributed by atoms with Crippen LogP contribution in [0.4, 0.5) is 4.39 Å². The quantitative estimate of drug-likeness (QED) is 0.800. The molecule has 0 aliphatic carbocycles. The summed E-state index contributed by atoms with van der Waals surface area (Å²) in [7, 11) is 0. The number of benzene rings is 1. The second-order valence-electron chi connectivity index (χ2n) is 4.47. The van der Waals surface area contributed by atoms with Crippen molar-refractivity contribution < 1.29 is 4.39 Å². The van der Waals surface area contributed by atoms with Crippen LogP contribution in [0.2, 0.25) is 0 Å². The number of unbranched alkanes of at least 4 members (excludes halogenated alkanes) is 1. The fraction of sp³-hybridized carbons (Fsp3) is 0.538. The minimum absolute atomic E-state index is 0.0462. The van der Waals surface area contributed by atoms with E-state index in [1.165, 1.54) is 12.8 Å². The molecule has 1 aromatic carbocycles. The van der Waals surface area contributed by atoms with Crippen LogP contribution in [0.5, 0.6) is 0 Å². The Hall–Kier alpha value is -0.890. The summed E-state index contributed by atoms with van der Waals surface area (Å²) < 4.78 is 13.7. The highest BCUT2D eigenvalue weighted by Gasteiger charge is 2.39. The Balaban J connectivity index is 2.22. The number of hydrogen-bond acceptors (Lipinski definition) is 1. The van der Waals surface area contributed by atoms with Crippen LogP contribution in [0.1, 0.15) is 31.7 Å². The molecule has 1 aliphatic heterocycles. The summed E-state index contributed by atoms with van der Waals surface area (Å²) in [6, 6.07) is 7.20. The van der Waals surface area contributed by atoms with Crippen molar-refractivity contribution in [2.75, 3.05) is 13.1 Å². The van der Waals surface area contributed by atoms with Crippen molar-refractivity contribution >= 4 is 0 Å². The average Bonchev–Trinajstić information content (AvgIpc) is 2.19. The molecule has 0 spiro atoms. The van der Waals surface area contributed by atoms with Crippen molar-refractivity contribution in [2.45, 2.75) is 31.6 Å². The molecule has 82 valence electrons. The highest BCUT2D eigenvalue weighted by atomic mass is 19.1. The molecule has 1 heterocycles. The second-order valence-corrected chi connectivity index (χ2v) is 4.47. The van der Waals surface area contributed by atoms with Crippen LogP contribution in [-0.4, -0.2) is 13.1 Å². The van der Waals surface area contributed by atoms with Gasteiger partial charge in [-0.25, -0.2) is 4.39 Å². The van der Waals surface area contributed by atoms with Crippen LogP contribution < -0.4 is 5.32 Å². The minimum atomic E-state index is -0.0462. The lowest BCUT2D eigenvalue weighted by Gasteiger charge is -2.43. The van der Waals surface area contributed by atoms with Crippen LogP contribution in [-0.2, 0) is 5.41 Å². The molecule has 1 aromatic rings. The maximum absolute atomic E-state index is 13.7. The van der Waals surface area contributed by atoms with Crippen molar-refractivity contribution in [1.82, 2.24) is 5.32 Å². The van der Waals surface area contributed by atoms with Gasteiger partial charge in [0.05, 0.1) is 0 Å². The van der Waals surface area contributed by atoms with Gasteiger partial charge in [-0.15, -0.1) is 0 Å². The second kappa shape index (κ2) is 4.31. The number of nitrogens with one attached hydrogen (secondary N) is 1. The van der Waals surface area contributed by atoms with E-state index in [0.29, 0.717) is 0 Å². The molecule has 0 saturated carbocycles. The topological polar surface area (TPSA) is 12.0 Å². The van der Waals surface area contributed by atoms with Crippen LogP contribution in [0.3, 0.4) is 0 Å². The highest BCUT2D eigenvalue weighted by Crippen LogP contribution is 2.35. The van der Waals surface area contributed by atoms with E-state index in [-0.39, 0.29) is 11.2 Å². The van der Waals surface area contributed by atoms with Gasteiger partial charge in [0.15, 0.2) is 0 Å². The molecule has 1 aliphatic rings. The minimum Gasteiger partial charge on any atom is -0.315 e. The standard InChI is InChI=1S/C13H18FN/c1-2-3-8-13(9-15-10-13)11-6-4-5-7-12(11)14/h4-7,15H,2-3,8-10H2,1H3. The first kappa shape index (κ1) is 10.6. The van der Waals surface area contributed by atoms with Gasteiger partial charge in [0.25, 0.3) is 0 Å². The van der Waals surface area contributed by atoms with E-state index in [1.807, 2.05) is 12.1 Å². The molecule has 2 rings (SSSR count). The first-order chi connectivity index (χ1) is 7.28. The van der Waals surface area contributed by atoms with E-state index in [4.69, 9.17) is 0 Å². The van der Waals surface area contributed by atoms with Crippen LogP contribution >= 0.6 is 0 Å². The molecule has 0 radical (unpaired) electrons. The van der Waals surface area contributed by atoms with Crippen molar-refractivity contribution in [2.24, 2.45) is 0 Å². The summed E-state index contributed by atoms with van der Waals surface area (Å²) in [5, 5.41) is 3.27. The maximum Gasteiger partial charge on any atom is 0.127 e. The van der Waals surface area contributed by atoms with Crippen LogP contribution in [0.15, 0.2) is 24.3 Å². The predicted octanol–water partition coefficient (Wildman–Crippen LogP) is 2.86. The molecule has 1 fully saturated rings. The molecule has 1 N–H and O–H groups in total. The van der Waals surface area contributed by atoms with E-state index < -0.39 is 0 Å². The molecule has 0 unspecified atom stereocenters. The third kappa shape index (κ3) is 1.91. The molecular formula is C13H18FN. The van der Waals surface area contributed by atoms with Gasteiger partial charge in [-0.05, 0) is 18.1 Å². The lowest BCUT2D eigenvalue weighted by Crippen LogP contribution is -2.57. The van der Waals surface area contributed by atoms with Crippen molar-refractivity contribution in [3.8, 4) is 0 Å². The van der Waals surface area contributed by atoms with E-state index in [2.05, 4.69) is 12.2 Å². The van der Waals surface area contributed by atoms with Gasteiger partial charge in [-0.1, -0.05) is 38.0 Å². The summed E-state index contributed by atoms with van der Waals surface area (Å²) in [6.45, 7) is 4.03. The zero-order chi connectivity index (χ0) is 10.7. The van der Waals surface area contributed by atoms with Gasteiger partial charge in [-0.2, -0.15) is 0 Å². The Labute approximate surface area is 90.7 Å². The molecule has 0 bridgehead atoms. The SMILES string of the molecule is CCCCC1(c2ccccc2F)CNC1. The Morgan fingerprint density at radius 3 is 2.60 bits per heavy atom. The Morgan fingerprint density at radius 2 is 2.07 bits per heavy atom. The Bertz CT molecular complexity index is 331. The fourth-order valence-electron chi connectivity index (χ4n) is 2.34. The molecule has 1 nitrogen and oxygen atoms in total. The lowest BCUT2D eigenvalue weighted by atomic mass is 9.71. The van der Waals surface area contributed by atoms with Gasteiger partial charge in [0, 0.05) is 18.5 Å². The summed E-state index contributed by atoms with van der Waals surface area (Å²) in [6.07, 6.45) is 3.45. The summed E-state index contributed by atoms with van der Waals surface area (Å²) in [5.41, 5.74) is 0.971. The number of halogens is 1. The van der Waals surface area contributed by atoms with Gasteiger partial charge >= 0.3 is 0 Å². The van der Waals surface area contributed by atoms with Gasteiger partial charge in [0.1, 0.15) is 5.82 Å². The van der Waals surface area contributed by atoms with Crippen LogP contribution in [0, 0.1) is 5.82 Å². The Kier molecular flexibility index (Phi) is 3.06. The van der Waals surface area contributed by atoms with Crippen LogP contribution in [0.25, 0.3) is 0 Å². The van der Waals surface area contributed by atoms with E-state index in [9.17, 15) is 4.39 Å². The summed E-state index contributed by atoms with van der Waals surface area (Å²) in [5.74, 6) is -0.0462. The average molecular weight is 207 g/mol. The van der Waals surface area contributed by atoms with Gasteiger partial charge in [0.2, 0.25) is 0 Å². The van der Waals surface area contributed by atoms with Crippen molar-refractivity contribution in [3.05, 3.63) is 35.6 Å². The van der Waals surface area contributed by atoms with E-state index in [1.54, 1.807) is 12.1 Å². The molecule has 15 heavy (non-hydrogen) atoms. The molecule has 2 heteroatoms. The maximum atomic E-state index is 13.7. The van der Waals surface area contributed by atoms with Crippen molar-refractivity contribution in [1.29, 1.82) is 0 Å². The number of rotatable bonds is 4. The molecule has 1 saturated heterocycles. The predicted molar refractivity (Wildman–Crippen MR) is 60.5 cm³/mol. The third-order valence-electron chi connectivity index (χ3n) is 3.38. The zero-order valence-electron chi connectivity index (χ0n) is 9.22. The lowest BCUT2D eigenvalue weighted by molar-refractivity contribution is 0.244. The Morgan fingerprint density at radius 1 is 1.33 bits per heavy atom. The van der Waals surface area contributed by atoms with Gasteiger partial charge < -0.3 is 5.32 Å². The smallest absolute Gasteiger partial charge is 0.127 e. The normalized spacial score (nSPS) is 18.5. The van der Waals surface area contributed by atoms with E-state index >= 15 is 0 Å². The van der Waals surface area contributed by atoms with Crippen molar-refractivity contribution in [3.63, 3.8) is 0 Å². The highest BCUT2D eigenvalue weighted by molar-refractivity contribution is 5.31. The monoisotopic (exact) mass is 207 g/mol. The summed E-state index contributed by atoms with van der Waals surface area (Å²) in [4.78, 5) is 0. The fourth-order valence-corrected chi connectivity index (χ4v) is 2.34. The molecule has 0 aromatic heterocycles. The molecule has 0 atom stereocenters. The van der Waals surface area contributed by atoms with E-state index in [0.717, 1.165) is 25.1 Å². The molecular weight excluding hydrogens is 189 g/mol. The largest absolute Gasteiger partial charge is 0.315 e. The number of hydrogen-bond donors (Lipinski definition) is 1. The zero-order valence-corrected chi connectivity index (χ0v) is 9.22. The summed E-state index contributed by atoms with van der Waals surface area (Å²) >= 11 is 0. The van der Waals surface area contributed by atoms with Gasteiger partial charge in [-0.3, -0.25) is 0 Å². The first-order valence-corrected chi connectivity index (χ1v) is 5.74. The third-order valence-corrected chi connectivity index (χ3v) is 3.38. The molecule has 0 amide bonds.